The molecule has 0 saturated carbocycles. The highest BCUT2D eigenvalue weighted by Crippen LogP contribution is 2.23. The van der Waals surface area contributed by atoms with E-state index in [9.17, 15) is 17.6 Å². The fourth-order valence-electron chi connectivity index (χ4n) is 2.91. The van der Waals surface area contributed by atoms with Crippen LogP contribution >= 0.6 is 0 Å². The van der Waals surface area contributed by atoms with E-state index < -0.39 is 12.8 Å². The number of unbranched alkanes of at least 4 members (excludes halogenated alkanes) is 1. The van der Waals surface area contributed by atoms with E-state index >= 15 is 0 Å². The summed E-state index contributed by atoms with van der Waals surface area (Å²) in [5, 5.41) is 1.36. The fraction of sp³-hybridized carbons (Fsp3) is 0.250. The molecule has 0 fully saturated rings. The number of aryl methyl sites for hydroxylation is 1. The first kappa shape index (κ1) is 20.7. The molecule has 0 bridgehead atoms. The summed E-state index contributed by atoms with van der Waals surface area (Å²) in [6, 6.07) is 15.1. The first-order valence-electron chi connectivity index (χ1n) is 9.38. The van der Waals surface area contributed by atoms with Gasteiger partial charge in [0.2, 0.25) is 0 Å². The lowest BCUT2D eigenvalue weighted by Crippen LogP contribution is -2.19. The summed E-state index contributed by atoms with van der Waals surface area (Å²) in [6.45, 7) is 0.787. The molecule has 1 nitrogen and oxygen atoms in total. The molecular formula is C24H20F4O. The fourth-order valence-corrected chi connectivity index (χ4v) is 2.91. The number of hydrogen-bond acceptors (Lipinski definition) is 1. The zero-order chi connectivity index (χ0) is 20.9. The summed E-state index contributed by atoms with van der Waals surface area (Å²) in [7, 11) is 0. The molecule has 3 rings (SSSR count). The molecule has 0 aliphatic carbocycles. The topological polar surface area (TPSA) is 9.23 Å². The predicted molar refractivity (Wildman–Crippen MR) is 106 cm³/mol. The van der Waals surface area contributed by atoms with Crippen molar-refractivity contribution in [2.75, 3.05) is 6.61 Å². The van der Waals surface area contributed by atoms with Crippen molar-refractivity contribution in [1.82, 2.24) is 0 Å². The molecule has 0 aliphatic rings. The Morgan fingerprint density at radius 2 is 1.69 bits per heavy atom. The second kappa shape index (κ2) is 9.00. The summed E-state index contributed by atoms with van der Waals surface area (Å²) in [5.41, 5.74) is 2.01. The summed E-state index contributed by atoms with van der Waals surface area (Å²) in [4.78, 5) is 0. The number of hydrogen-bond donors (Lipinski definition) is 0. The van der Waals surface area contributed by atoms with Gasteiger partial charge in [0.05, 0.1) is 5.56 Å². The van der Waals surface area contributed by atoms with Gasteiger partial charge in [0.15, 0.2) is 6.61 Å². The minimum absolute atomic E-state index is 0.101. The average Bonchev–Trinajstić information content (AvgIpc) is 2.70. The van der Waals surface area contributed by atoms with Gasteiger partial charge in [-0.25, -0.2) is 4.39 Å². The Bertz CT molecular complexity index is 1040. The molecule has 0 saturated heterocycles. The summed E-state index contributed by atoms with van der Waals surface area (Å²) >= 11 is 0. The average molecular weight is 400 g/mol. The van der Waals surface area contributed by atoms with Crippen molar-refractivity contribution < 1.29 is 22.3 Å². The molecule has 29 heavy (non-hydrogen) atoms. The largest absolute Gasteiger partial charge is 0.484 e. The number of benzene rings is 3. The molecular weight excluding hydrogens is 380 g/mol. The van der Waals surface area contributed by atoms with Crippen molar-refractivity contribution in [2.45, 2.75) is 32.4 Å². The number of fused-ring (bicyclic) bond motifs is 1. The molecule has 0 aromatic heterocycles. The first-order chi connectivity index (χ1) is 13.9. The van der Waals surface area contributed by atoms with Gasteiger partial charge in [-0.3, -0.25) is 0 Å². The van der Waals surface area contributed by atoms with Crippen LogP contribution in [0.4, 0.5) is 17.6 Å². The van der Waals surface area contributed by atoms with Gasteiger partial charge in [0.25, 0.3) is 0 Å². The van der Waals surface area contributed by atoms with Gasteiger partial charge in [0.1, 0.15) is 11.6 Å². The van der Waals surface area contributed by atoms with Crippen LogP contribution in [0.15, 0.2) is 54.6 Å². The zero-order valence-electron chi connectivity index (χ0n) is 15.9. The van der Waals surface area contributed by atoms with Crippen LogP contribution in [0.1, 0.15) is 36.5 Å². The Balaban J connectivity index is 1.76. The van der Waals surface area contributed by atoms with Crippen molar-refractivity contribution in [3.05, 3.63) is 77.1 Å². The van der Waals surface area contributed by atoms with Gasteiger partial charge < -0.3 is 4.74 Å². The lowest BCUT2D eigenvalue weighted by atomic mass is 10.0. The van der Waals surface area contributed by atoms with Gasteiger partial charge in [-0.05, 0) is 54.1 Å². The van der Waals surface area contributed by atoms with Gasteiger partial charge in [-0.15, -0.1) is 0 Å². The van der Waals surface area contributed by atoms with E-state index in [4.69, 9.17) is 0 Å². The maximum absolute atomic E-state index is 14.8. The quantitative estimate of drug-likeness (QED) is 0.344. The van der Waals surface area contributed by atoms with Crippen LogP contribution in [0.3, 0.4) is 0 Å². The monoisotopic (exact) mass is 400 g/mol. The van der Waals surface area contributed by atoms with E-state index in [0.29, 0.717) is 10.9 Å². The van der Waals surface area contributed by atoms with Crippen molar-refractivity contribution in [3.8, 4) is 17.6 Å². The summed E-state index contributed by atoms with van der Waals surface area (Å²) in [6.07, 6.45) is -1.21. The normalized spacial score (nSPS) is 11.2. The second-order valence-electron chi connectivity index (χ2n) is 6.76. The van der Waals surface area contributed by atoms with Crippen molar-refractivity contribution in [1.29, 1.82) is 0 Å². The molecule has 3 aromatic rings. The van der Waals surface area contributed by atoms with Crippen LogP contribution in [-0.2, 0) is 6.42 Å². The molecule has 0 unspecified atom stereocenters. The van der Waals surface area contributed by atoms with E-state index in [0.717, 1.165) is 24.6 Å². The Kier molecular flexibility index (Phi) is 6.43. The van der Waals surface area contributed by atoms with Gasteiger partial charge in [-0.1, -0.05) is 49.5 Å². The molecule has 0 N–H and O–H groups in total. The van der Waals surface area contributed by atoms with Crippen LogP contribution in [0.5, 0.6) is 5.75 Å². The van der Waals surface area contributed by atoms with Crippen LogP contribution < -0.4 is 4.74 Å². The number of rotatable bonds is 5. The molecule has 0 spiro atoms. The molecule has 0 aliphatic heterocycles. The third-order valence-corrected chi connectivity index (χ3v) is 4.44. The highest BCUT2D eigenvalue weighted by atomic mass is 19.4. The molecule has 5 heteroatoms. The van der Waals surface area contributed by atoms with E-state index in [1.807, 2.05) is 18.2 Å². The lowest BCUT2D eigenvalue weighted by molar-refractivity contribution is -0.153. The summed E-state index contributed by atoms with van der Waals surface area (Å²) < 4.78 is 56.0. The minimum atomic E-state index is -4.39. The Morgan fingerprint density at radius 3 is 2.38 bits per heavy atom. The number of alkyl halides is 3. The van der Waals surface area contributed by atoms with Crippen LogP contribution in [0.25, 0.3) is 10.8 Å². The first-order valence-corrected chi connectivity index (χ1v) is 9.38. The van der Waals surface area contributed by atoms with Crippen LogP contribution in [0.2, 0.25) is 0 Å². The van der Waals surface area contributed by atoms with E-state index in [-0.39, 0.29) is 17.1 Å². The van der Waals surface area contributed by atoms with Gasteiger partial charge >= 0.3 is 6.18 Å². The SMILES string of the molecule is CCCCc1ccc2c(F)c(C#Cc3ccc(OCC(F)(F)F)cc3)ccc2c1. The maximum atomic E-state index is 14.8. The maximum Gasteiger partial charge on any atom is 0.422 e. The molecule has 0 heterocycles. The van der Waals surface area contributed by atoms with Gasteiger partial charge in [0, 0.05) is 10.9 Å². The van der Waals surface area contributed by atoms with Crippen molar-refractivity contribution in [3.63, 3.8) is 0 Å². The second-order valence-corrected chi connectivity index (χ2v) is 6.76. The molecule has 3 aromatic carbocycles. The number of halogens is 4. The Hall–Kier alpha value is -3.00. The minimum Gasteiger partial charge on any atom is -0.484 e. The third-order valence-electron chi connectivity index (χ3n) is 4.44. The lowest BCUT2D eigenvalue weighted by Gasteiger charge is -2.08. The van der Waals surface area contributed by atoms with E-state index in [1.165, 1.54) is 29.8 Å². The molecule has 0 atom stereocenters. The smallest absolute Gasteiger partial charge is 0.422 e. The van der Waals surface area contributed by atoms with E-state index in [2.05, 4.69) is 23.5 Å². The Morgan fingerprint density at radius 1 is 0.931 bits per heavy atom. The van der Waals surface area contributed by atoms with E-state index in [1.54, 1.807) is 12.1 Å². The predicted octanol–water partition coefficient (Wildman–Crippen LogP) is 6.66. The Labute approximate surface area is 167 Å². The highest BCUT2D eigenvalue weighted by molar-refractivity contribution is 5.85. The van der Waals surface area contributed by atoms with Crippen molar-refractivity contribution in [2.24, 2.45) is 0 Å². The number of ether oxygens (including phenoxy) is 1. The van der Waals surface area contributed by atoms with Crippen LogP contribution in [-0.4, -0.2) is 12.8 Å². The highest BCUT2D eigenvalue weighted by Gasteiger charge is 2.28. The molecule has 0 radical (unpaired) electrons. The molecule has 0 amide bonds. The molecule has 150 valence electrons. The zero-order valence-corrected chi connectivity index (χ0v) is 15.9. The summed E-state index contributed by atoms with van der Waals surface area (Å²) in [5.74, 6) is 5.37. The standard InChI is InChI=1S/C24H20F4O/c1-2-3-4-18-8-14-22-20(15-18)11-10-19(23(22)25)9-5-17-6-12-21(13-7-17)29-16-24(26,27)28/h6-8,10-15H,2-4,16H2,1H3. The van der Waals surface area contributed by atoms with Crippen molar-refractivity contribution >= 4 is 10.8 Å². The third kappa shape index (κ3) is 5.74. The van der Waals surface area contributed by atoms with Gasteiger partial charge in [-0.2, -0.15) is 13.2 Å². The van der Waals surface area contributed by atoms with Crippen LogP contribution in [0, 0.1) is 17.7 Å².